The van der Waals surface area contributed by atoms with Gasteiger partial charge >= 0.3 is 0 Å². The molecular weight excluding hydrogens is 233 g/mol. The number of hydrogen-bond acceptors (Lipinski definition) is 2. The summed E-state index contributed by atoms with van der Waals surface area (Å²) >= 11 is 11.5. The molecule has 15 heavy (non-hydrogen) atoms. The number of carbonyl (C=O) groups is 1. The number of benzene rings is 1. The van der Waals surface area contributed by atoms with E-state index in [-0.39, 0.29) is 12.5 Å². The molecule has 2 N–H and O–H groups in total. The van der Waals surface area contributed by atoms with E-state index in [0.29, 0.717) is 10.0 Å². The van der Waals surface area contributed by atoms with E-state index in [2.05, 4.69) is 0 Å². The molecule has 0 bridgehead atoms. The average molecular weight is 248 g/mol. The molecule has 0 saturated carbocycles. The van der Waals surface area contributed by atoms with Gasteiger partial charge in [-0.3, -0.25) is 0 Å². The van der Waals surface area contributed by atoms with E-state index in [1.807, 2.05) is 13.8 Å². The molecule has 1 unspecified atom stereocenters. The van der Waals surface area contributed by atoms with E-state index >= 15 is 0 Å². The summed E-state index contributed by atoms with van der Waals surface area (Å²) in [6.45, 7) is 4.28. The van der Waals surface area contributed by atoms with Gasteiger partial charge in [-0.15, -0.1) is 0 Å². The van der Waals surface area contributed by atoms with Crippen LogP contribution >= 0.6 is 23.2 Å². The molecule has 0 spiro atoms. The number of hydrogen-bond donors (Lipinski definition) is 1. The largest absolute Gasteiger partial charge is 0.329 e. The summed E-state index contributed by atoms with van der Waals surface area (Å²) in [5, 5.41) is 0.923. The molecule has 4 heteroatoms. The summed E-state index contributed by atoms with van der Waals surface area (Å²) in [6, 6.07) is 5.07. The topological polar surface area (TPSA) is 43.1 Å². The highest BCUT2D eigenvalue weighted by Crippen LogP contribution is 2.25. The summed E-state index contributed by atoms with van der Waals surface area (Å²) in [6.07, 6.45) is 0.805. The summed E-state index contributed by atoms with van der Waals surface area (Å²) in [4.78, 5) is 10.6. The lowest BCUT2D eigenvalue weighted by atomic mass is 10.0. The van der Waals surface area contributed by atoms with Crippen LogP contribution in [0.2, 0.25) is 10.0 Å². The Morgan fingerprint density at radius 2 is 1.93 bits per heavy atom. The Bertz CT molecular complexity index is 315. The van der Waals surface area contributed by atoms with Crippen molar-refractivity contribution in [1.29, 1.82) is 0 Å². The molecular formula is C11H15Cl2NO. The minimum atomic E-state index is -0.297. The van der Waals surface area contributed by atoms with Gasteiger partial charge in [0.1, 0.15) is 6.29 Å². The number of halogens is 2. The van der Waals surface area contributed by atoms with Crippen molar-refractivity contribution in [3.05, 3.63) is 33.8 Å². The summed E-state index contributed by atoms with van der Waals surface area (Å²) in [5.74, 6) is -0.297. The van der Waals surface area contributed by atoms with Gasteiger partial charge in [-0.25, -0.2) is 0 Å². The lowest BCUT2D eigenvalue weighted by molar-refractivity contribution is -0.108. The molecule has 1 aromatic carbocycles. The molecule has 84 valence electrons. The Balaban J connectivity index is 0.000000921. The second-order valence-corrected chi connectivity index (χ2v) is 3.47. The zero-order valence-corrected chi connectivity index (χ0v) is 10.3. The normalized spacial score (nSPS) is 11.3. The van der Waals surface area contributed by atoms with Gasteiger partial charge in [0.15, 0.2) is 0 Å². The quantitative estimate of drug-likeness (QED) is 0.834. The van der Waals surface area contributed by atoms with Gasteiger partial charge in [0.2, 0.25) is 0 Å². The fourth-order valence-corrected chi connectivity index (χ4v) is 1.32. The van der Waals surface area contributed by atoms with Crippen LogP contribution in [0.1, 0.15) is 25.3 Å². The molecule has 1 rings (SSSR count). The van der Waals surface area contributed by atoms with Crippen LogP contribution in [0, 0.1) is 0 Å². The van der Waals surface area contributed by atoms with E-state index in [1.165, 1.54) is 0 Å². The molecule has 2 nitrogen and oxygen atoms in total. The minimum absolute atomic E-state index is 0.279. The zero-order chi connectivity index (χ0) is 11.8. The van der Waals surface area contributed by atoms with Crippen LogP contribution in [0.5, 0.6) is 0 Å². The van der Waals surface area contributed by atoms with Crippen LogP contribution < -0.4 is 5.73 Å². The first kappa shape index (κ1) is 14.4. The number of nitrogens with two attached hydrogens (primary N) is 1. The van der Waals surface area contributed by atoms with Crippen LogP contribution in [-0.4, -0.2) is 12.8 Å². The van der Waals surface area contributed by atoms with Crippen molar-refractivity contribution in [1.82, 2.24) is 0 Å². The van der Waals surface area contributed by atoms with Crippen molar-refractivity contribution in [2.75, 3.05) is 6.54 Å². The molecule has 0 amide bonds. The third kappa shape index (κ3) is 4.20. The highest BCUT2D eigenvalue weighted by atomic mass is 35.5. The maximum Gasteiger partial charge on any atom is 0.128 e. The lowest BCUT2D eigenvalue weighted by Crippen LogP contribution is -2.13. The fraction of sp³-hybridized carbons (Fsp3) is 0.364. The first-order valence-corrected chi connectivity index (χ1v) is 5.55. The third-order valence-corrected chi connectivity index (χ3v) is 2.53. The Kier molecular flexibility index (Phi) is 7.39. The van der Waals surface area contributed by atoms with E-state index in [0.717, 1.165) is 11.8 Å². The zero-order valence-electron chi connectivity index (χ0n) is 8.84. The maximum absolute atomic E-state index is 10.6. The summed E-state index contributed by atoms with van der Waals surface area (Å²) < 4.78 is 0. The van der Waals surface area contributed by atoms with Crippen LogP contribution in [0.3, 0.4) is 0 Å². The number of rotatable bonds is 3. The Labute approximate surface area is 100 Å². The molecule has 0 fully saturated rings. The lowest BCUT2D eigenvalue weighted by Gasteiger charge is -2.07. The second kappa shape index (κ2) is 7.69. The van der Waals surface area contributed by atoms with Crippen molar-refractivity contribution in [3.8, 4) is 0 Å². The standard InChI is InChI=1S/C9H9Cl2NO.C2H6/c10-8-2-1-6(3-9(8)11)7(4-12)5-13;1-2/h1-3,5,7H,4,12H2;1-2H3. The van der Waals surface area contributed by atoms with Crippen molar-refractivity contribution >= 4 is 29.5 Å². The molecule has 0 aliphatic carbocycles. The Morgan fingerprint density at radius 3 is 2.33 bits per heavy atom. The smallest absolute Gasteiger partial charge is 0.128 e. The highest BCUT2D eigenvalue weighted by molar-refractivity contribution is 6.42. The maximum atomic E-state index is 10.6. The molecule has 1 atom stereocenters. The molecule has 0 heterocycles. The van der Waals surface area contributed by atoms with Crippen LogP contribution in [0.15, 0.2) is 18.2 Å². The molecule has 0 saturated heterocycles. The SMILES string of the molecule is CC.NCC(C=O)c1ccc(Cl)c(Cl)c1. The number of aldehydes is 1. The van der Waals surface area contributed by atoms with Crippen LogP contribution in [0.4, 0.5) is 0 Å². The Hall–Kier alpha value is -0.570. The summed E-state index contributed by atoms with van der Waals surface area (Å²) in [7, 11) is 0. The molecule has 0 aliphatic rings. The van der Waals surface area contributed by atoms with E-state index in [9.17, 15) is 4.79 Å². The van der Waals surface area contributed by atoms with Crippen LogP contribution in [0.25, 0.3) is 0 Å². The first-order chi connectivity index (χ1) is 7.19. The fourth-order valence-electron chi connectivity index (χ4n) is 1.01. The molecule has 0 radical (unpaired) electrons. The Morgan fingerprint density at radius 1 is 1.33 bits per heavy atom. The van der Waals surface area contributed by atoms with Crippen molar-refractivity contribution < 1.29 is 4.79 Å². The second-order valence-electron chi connectivity index (χ2n) is 2.65. The molecule has 0 aromatic heterocycles. The first-order valence-electron chi connectivity index (χ1n) is 4.79. The van der Waals surface area contributed by atoms with E-state index < -0.39 is 0 Å². The van der Waals surface area contributed by atoms with Gasteiger partial charge in [0.05, 0.1) is 16.0 Å². The van der Waals surface area contributed by atoms with Crippen molar-refractivity contribution in [2.24, 2.45) is 5.73 Å². The monoisotopic (exact) mass is 247 g/mol. The molecule has 1 aromatic rings. The van der Waals surface area contributed by atoms with Gasteiger partial charge in [0, 0.05) is 6.54 Å². The number of carbonyl (C=O) groups excluding carboxylic acids is 1. The van der Waals surface area contributed by atoms with Crippen LogP contribution in [-0.2, 0) is 4.79 Å². The average Bonchev–Trinajstić information content (AvgIpc) is 2.28. The van der Waals surface area contributed by atoms with Gasteiger partial charge in [-0.2, -0.15) is 0 Å². The van der Waals surface area contributed by atoms with Crippen molar-refractivity contribution in [3.63, 3.8) is 0 Å². The van der Waals surface area contributed by atoms with Gasteiger partial charge in [-0.1, -0.05) is 43.1 Å². The third-order valence-electron chi connectivity index (χ3n) is 1.79. The van der Waals surface area contributed by atoms with Crippen molar-refractivity contribution in [2.45, 2.75) is 19.8 Å². The predicted molar refractivity (Wildman–Crippen MR) is 65.7 cm³/mol. The minimum Gasteiger partial charge on any atom is -0.329 e. The highest BCUT2D eigenvalue weighted by Gasteiger charge is 2.09. The predicted octanol–water partition coefficient (Wildman–Crippen LogP) is 3.26. The summed E-state index contributed by atoms with van der Waals surface area (Å²) in [5.41, 5.74) is 6.19. The van der Waals surface area contributed by atoms with Gasteiger partial charge in [-0.05, 0) is 17.7 Å². The molecule has 0 aliphatic heterocycles. The van der Waals surface area contributed by atoms with Gasteiger partial charge in [0.25, 0.3) is 0 Å². The van der Waals surface area contributed by atoms with E-state index in [4.69, 9.17) is 28.9 Å². The van der Waals surface area contributed by atoms with Gasteiger partial charge < -0.3 is 10.5 Å². The van der Waals surface area contributed by atoms with E-state index in [1.54, 1.807) is 18.2 Å².